The van der Waals surface area contributed by atoms with Gasteiger partial charge in [-0.05, 0) is 48.6 Å². The van der Waals surface area contributed by atoms with Crippen LogP contribution in [0.2, 0.25) is 5.02 Å². The first kappa shape index (κ1) is 24.1. The summed E-state index contributed by atoms with van der Waals surface area (Å²) >= 11 is 7.49. The van der Waals surface area contributed by atoms with Gasteiger partial charge in [-0.3, -0.25) is 9.59 Å². The second-order valence-electron chi connectivity index (χ2n) is 8.35. The number of nitrogens with one attached hydrogen (secondary N) is 1. The van der Waals surface area contributed by atoms with E-state index in [1.807, 2.05) is 18.2 Å². The predicted molar refractivity (Wildman–Crippen MR) is 130 cm³/mol. The molecule has 4 rings (SSSR count). The molecule has 2 aliphatic heterocycles. The highest BCUT2D eigenvalue weighted by Crippen LogP contribution is 2.37. The average Bonchev–Trinajstić information content (AvgIpc) is 2.80. The first-order valence-corrected chi connectivity index (χ1v) is 13.6. The van der Waals surface area contributed by atoms with Crippen molar-refractivity contribution in [3.63, 3.8) is 0 Å². The molecular formula is C23H26ClN3O4S2. The van der Waals surface area contributed by atoms with Crippen molar-refractivity contribution < 1.29 is 18.0 Å². The van der Waals surface area contributed by atoms with E-state index >= 15 is 0 Å². The van der Waals surface area contributed by atoms with Gasteiger partial charge in [0.15, 0.2) is 0 Å². The molecule has 0 saturated carbocycles. The largest absolute Gasteiger partial charge is 0.350 e. The summed E-state index contributed by atoms with van der Waals surface area (Å²) < 4.78 is 27.9. The number of benzene rings is 2. The Bertz CT molecular complexity index is 1160. The maximum atomic E-state index is 13.2. The van der Waals surface area contributed by atoms with Crippen LogP contribution in [0.25, 0.3) is 0 Å². The SMILES string of the molecule is CC1CCN(S(=O)(=O)c2ccc3c(c2)N(CC(=O)NCc2ccccc2Cl)C(=O)CS3)CC1. The highest BCUT2D eigenvalue weighted by Gasteiger charge is 2.32. The summed E-state index contributed by atoms with van der Waals surface area (Å²) in [6.45, 7) is 3.15. The van der Waals surface area contributed by atoms with E-state index in [4.69, 9.17) is 11.6 Å². The van der Waals surface area contributed by atoms with E-state index in [1.54, 1.807) is 18.2 Å². The number of anilines is 1. The number of rotatable bonds is 6. The Morgan fingerprint density at radius 2 is 1.91 bits per heavy atom. The minimum absolute atomic E-state index is 0.146. The van der Waals surface area contributed by atoms with Crippen LogP contribution in [0.3, 0.4) is 0 Å². The summed E-state index contributed by atoms with van der Waals surface area (Å²) in [4.78, 5) is 27.6. The zero-order valence-corrected chi connectivity index (χ0v) is 20.7. The van der Waals surface area contributed by atoms with Crippen molar-refractivity contribution in [2.24, 2.45) is 5.92 Å². The number of carbonyl (C=O) groups excluding carboxylic acids is 2. The molecule has 0 atom stereocenters. The number of sulfonamides is 1. The number of hydrogen-bond acceptors (Lipinski definition) is 5. The summed E-state index contributed by atoms with van der Waals surface area (Å²) in [5, 5.41) is 3.34. The van der Waals surface area contributed by atoms with Crippen molar-refractivity contribution in [3.8, 4) is 0 Å². The molecule has 33 heavy (non-hydrogen) atoms. The number of amides is 2. The lowest BCUT2D eigenvalue weighted by Crippen LogP contribution is -2.43. The van der Waals surface area contributed by atoms with Crippen LogP contribution >= 0.6 is 23.4 Å². The van der Waals surface area contributed by atoms with E-state index in [1.165, 1.54) is 27.0 Å². The van der Waals surface area contributed by atoms with Crippen LogP contribution in [-0.4, -0.2) is 49.9 Å². The molecule has 0 unspecified atom stereocenters. The Kier molecular flexibility index (Phi) is 7.33. The monoisotopic (exact) mass is 507 g/mol. The van der Waals surface area contributed by atoms with Crippen molar-refractivity contribution in [1.29, 1.82) is 0 Å². The van der Waals surface area contributed by atoms with Gasteiger partial charge in [0.1, 0.15) is 6.54 Å². The third kappa shape index (κ3) is 5.37. The van der Waals surface area contributed by atoms with Crippen LogP contribution in [-0.2, 0) is 26.2 Å². The maximum Gasteiger partial charge on any atom is 0.243 e. The minimum atomic E-state index is -3.67. The van der Waals surface area contributed by atoms with E-state index < -0.39 is 10.0 Å². The van der Waals surface area contributed by atoms with E-state index in [0.29, 0.717) is 29.7 Å². The molecule has 2 heterocycles. The van der Waals surface area contributed by atoms with Crippen LogP contribution in [0.15, 0.2) is 52.3 Å². The number of halogens is 1. The standard InChI is InChI=1S/C23H26ClN3O4S2/c1-16-8-10-26(11-9-16)33(30,31)18-6-7-21-20(12-18)27(23(29)15-32-21)14-22(28)25-13-17-4-2-3-5-19(17)24/h2-7,12,16H,8-11,13-15H2,1H3,(H,25,28). The molecule has 2 aromatic rings. The Morgan fingerprint density at radius 1 is 1.18 bits per heavy atom. The zero-order valence-electron chi connectivity index (χ0n) is 18.3. The van der Waals surface area contributed by atoms with E-state index in [9.17, 15) is 18.0 Å². The zero-order chi connectivity index (χ0) is 23.6. The molecule has 7 nitrogen and oxygen atoms in total. The van der Waals surface area contributed by atoms with Crippen LogP contribution in [0.5, 0.6) is 0 Å². The molecule has 2 amide bonds. The lowest BCUT2D eigenvalue weighted by atomic mass is 10.0. The molecule has 0 radical (unpaired) electrons. The van der Waals surface area contributed by atoms with Gasteiger partial charge in [-0.2, -0.15) is 4.31 Å². The molecule has 2 aromatic carbocycles. The second-order valence-corrected chi connectivity index (χ2v) is 11.7. The van der Waals surface area contributed by atoms with E-state index in [2.05, 4.69) is 12.2 Å². The van der Waals surface area contributed by atoms with Crippen molar-refractivity contribution >= 4 is 50.9 Å². The number of hydrogen-bond donors (Lipinski definition) is 1. The summed E-state index contributed by atoms with van der Waals surface area (Å²) in [6, 6.07) is 12.0. The Morgan fingerprint density at radius 3 is 2.64 bits per heavy atom. The molecule has 0 aromatic heterocycles. The molecule has 2 aliphatic rings. The summed E-state index contributed by atoms with van der Waals surface area (Å²) in [7, 11) is -3.67. The topological polar surface area (TPSA) is 86.8 Å². The fourth-order valence-electron chi connectivity index (χ4n) is 3.93. The van der Waals surface area contributed by atoms with Gasteiger partial charge in [0.2, 0.25) is 21.8 Å². The maximum absolute atomic E-state index is 13.2. The lowest BCUT2D eigenvalue weighted by Gasteiger charge is -2.31. The Balaban J connectivity index is 1.52. The van der Waals surface area contributed by atoms with Gasteiger partial charge in [0.25, 0.3) is 0 Å². The van der Waals surface area contributed by atoms with Crippen molar-refractivity contribution in [1.82, 2.24) is 9.62 Å². The van der Waals surface area contributed by atoms with Crippen LogP contribution in [0.1, 0.15) is 25.3 Å². The van der Waals surface area contributed by atoms with Gasteiger partial charge in [0, 0.05) is 29.6 Å². The molecule has 176 valence electrons. The number of fused-ring (bicyclic) bond motifs is 1. The van der Waals surface area contributed by atoms with Gasteiger partial charge in [-0.15, -0.1) is 11.8 Å². The van der Waals surface area contributed by atoms with Crippen molar-refractivity contribution in [2.45, 2.75) is 36.1 Å². The summed E-state index contributed by atoms with van der Waals surface area (Å²) in [6.07, 6.45) is 1.66. The van der Waals surface area contributed by atoms with Gasteiger partial charge in [-0.25, -0.2) is 8.42 Å². The van der Waals surface area contributed by atoms with Crippen LogP contribution < -0.4 is 10.2 Å². The molecule has 1 saturated heterocycles. The van der Waals surface area contributed by atoms with Crippen molar-refractivity contribution in [2.75, 3.05) is 30.3 Å². The average molecular weight is 508 g/mol. The second kappa shape index (κ2) is 10.0. The number of thioether (sulfide) groups is 1. The van der Waals surface area contributed by atoms with Gasteiger partial charge >= 0.3 is 0 Å². The van der Waals surface area contributed by atoms with Gasteiger partial charge in [-0.1, -0.05) is 36.7 Å². The number of carbonyl (C=O) groups is 2. The highest BCUT2D eigenvalue weighted by molar-refractivity contribution is 8.00. The minimum Gasteiger partial charge on any atom is -0.350 e. The van der Waals surface area contributed by atoms with E-state index in [-0.39, 0.29) is 35.6 Å². The van der Waals surface area contributed by atoms with Crippen LogP contribution in [0, 0.1) is 5.92 Å². The van der Waals surface area contributed by atoms with Gasteiger partial charge in [0.05, 0.1) is 16.3 Å². The third-order valence-electron chi connectivity index (χ3n) is 5.99. The Labute approximate surface area is 203 Å². The molecule has 0 aliphatic carbocycles. The van der Waals surface area contributed by atoms with Gasteiger partial charge < -0.3 is 10.2 Å². The normalized spacial score (nSPS) is 17.6. The number of nitrogens with zero attached hydrogens (tertiary/aromatic N) is 2. The predicted octanol–water partition coefficient (Wildman–Crippen LogP) is 3.52. The van der Waals surface area contributed by atoms with Crippen LogP contribution in [0.4, 0.5) is 5.69 Å². The van der Waals surface area contributed by atoms with E-state index in [0.717, 1.165) is 23.3 Å². The lowest BCUT2D eigenvalue weighted by molar-refractivity contribution is -0.123. The fourth-order valence-corrected chi connectivity index (χ4v) is 6.53. The molecule has 0 spiro atoms. The van der Waals surface area contributed by atoms with Crippen molar-refractivity contribution in [3.05, 3.63) is 53.1 Å². The highest BCUT2D eigenvalue weighted by atomic mass is 35.5. The molecule has 1 fully saturated rings. The third-order valence-corrected chi connectivity index (χ3v) is 9.30. The molecule has 1 N–H and O–H groups in total. The number of piperidine rings is 1. The first-order valence-electron chi connectivity index (χ1n) is 10.8. The Hall–Kier alpha value is -2.07. The smallest absolute Gasteiger partial charge is 0.243 e. The molecule has 0 bridgehead atoms. The molecule has 10 heteroatoms. The summed E-state index contributed by atoms with van der Waals surface area (Å²) in [5.74, 6) is 0.121. The quantitative estimate of drug-likeness (QED) is 0.646. The summed E-state index contributed by atoms with van der Waals surface area (Å²) in [5.41, 5.74) is 1.23. The first-order chi connectivity index (χ1) is 15.8. The molecular weight excluding hydrogens is 482 g/mol. The fraction of sp³-hybridized carbons (Fsp3) is 0.391.